The Hall–Kier alpha value is -2.80. The number of hydrogen-bond donors (Lipinski definition) is 3. The minimum absolute atomic E-state index is 0.00124. The predicted molar refractivity (Wildman–Crippen MR) is 139 cm³/mol. The average molecular weight is 584 g/mol. The second kappa shape index (κ2) is 13.9. The molecule has 0 bridgehead atoms. The summed E-state index contributed by atoms with van der Waals surface area (Å²) < 4.78 is 17.6. The quantitative estimate of drug-likeness (QED) is 0.204. The fraction of sp³-hybridized carbons (Fsp3) is 0.857. The lowest BCUT2D eigenvalue weighted by atomic mass is 9.77. The van der Waals surface area contributed by atoms with Gasteiger partial charge in [0.1, 0.15) is 12.2 Å². The monoisotopic (exact) mass is 583 g/mol. The first-order valence-electron chi connectivity index (χ1n) is 14.8. The van der Waals surface area contributed by atoms with Gasteiger partial charge in [0.05, 0.1) is 42.0 Å². The highest BCUT2D eigenvalue weighted by molar-refractivity contribution is 5.82. The molecule has 0 aromatic heterocycles. The van der Waals surface area contributed by atoms with E-state index in [1.165, 1.54) is 0 Å². The summed E-state index contributed by atoms with van der Waals surface area (Å²) >= 11 is 0. The molecule has 6 atom stereocenters. The Bertz CT molecular complexity index is 971. The number of carbonyl (C=O) groups excluding carboxylic acids is 2. The van der Waals surface area contributed by atoms with Crippen LogP contribution in [0.5, 0.6) is 0 Å². The fourth-order valence-corrected chi connectivity index (χ4v) is 6.95. The van der Waals surface area contributed by atoms with Gasteiger partial charge in [0.15, 0.2) is 0 Å². The van der Waals surface area contributed by atoms with Crippen molar-refractivity contribution >= 4 is 23.9 Å². The largest absolute Gasteiger partial charge is 0.481 e. The normalized spacial score (nSPS) is 37.9. The van der Waals surface area contributed by atoms with Crippen LogP contribution >= 0.6 is 0 Å². The summed E-state index contributed by atoms with van der Waals surface area (Å²) in [5, 5.41) is 39.8. The van der Waals surface area contributed by atoms with Crippen LogP contribution < -0.4 is 0 Å². The highest BCUT2D eigenvalue weighted by Crippen LogP contribution is 2.36. The summed E-state index contributed by atoms with van der Waals surface area (Å²) in [5.41, 5.74) is 0. The van der Waals surface area contributed by atoms with Gasteiger partial charge < -0.3 is 29.5 Å². The Morgan fingerprint density at radius 2 is 1.00 bits per heavy atom. The number of carbonyl (C=O) groups is 4. The van der Waals surface area contributed by atoms with Gasteiger partial charge in [-0.15, -0.1) is 0 Å². The zero-order valence-electron chi connectivity index (χ0n) is 23.1. The van der Waals surface area contributed by atoms with Gasteiger partial charge in [0, 0.05) is 17.8 Å². The van der Waals surface area contributed by atoms with E-state index in [4.69, 9.17) is 14.2 Å². The van der Waals surface area contributed by atoms with Crippen LogP contribution in [0.1, 0.15) is 89.9 Å². The van der Waals surface area contributed by atoms with Crippen LogP contribution in [0.25, 0.3) is 0 Å². The molecule has 0 radical (unpaired) electrons. The summed E-state index contributed by atoms with van der Waals surface area (Å²) in [6.45, 7) is 0. The number of nitrogens with zero attached hydrogens (tertiary/aromatic N) is 1. The van der Waals surface area contributed by atoms with Crippen LogP contribution in [0, 0.1) is 33.8 Å². The van der Waals surface area contributed by atoms with E-state index in [-0.39, 0.29) is 50.1 Å². The summed E-state index contributed by atoms with van der Waals surface area (Å²) in [4.78, 5) is 59.3. The van der Waals surface area contributed by atoms with Gasteiger partial charge in [-0.25, -0.2) is 0 Å². The molecule has 4 rings (SSSR count). The van der Waals surface area contributed by atoms with Crippen molar-refractivity contribution < 1.29 is 53.6 Å². The fourth-order valence-electron chi connectivity index (χ4n) is 6.95. The first-order chi connectivity index (χ1) is 19.5. The molecule has 13 nitrogen and oxygen atoms in total. The van der Waals surface area contributed by atoms with Gasteiger partial charge in [-0.3, -0.25) is 29.3 Å². The lowest BCUT2D eigenvalue weighted by Gasteiger charge is -2.36. The molecule has 0 saturated heterocycles. The van der Waals surface area contributed by atoms with Crippen LogP contribution in [-0.2, 0) is 33.4 Å². The van der Waals surface area contributed by atoms with Crippen molar-refractivity contribution in [3.8, 4) is 0 Å². The highest BCUT2D eigenvalue weighted by atomic mass is 16.6. The molecule has 0 heterocycles. The molecule has 4 fully saturated rings. The van der Waals surface area contributed by atoms with E-state index in [1.54, 1.807) is 0 Å². The molecule has 0 aliphatic heterocycles. The van der Waals surface area contributed by atoms with Crippen molar-refractivity contribution in [3.63, 3.8) is 0 Å². The molecule has 0 amide bonds. The summed E-state index contributed by atoms with van der Waals surface area (Å²) in [6.07, 6.45) is 4.78. The number of aliphatic hydroxyl groups excluding tert-OH is 1. The first-order valence-corrected chi connectivity index (χ1v) is 14.8. The van der Waals surface area contributed by atoms with E-state index >= 15 is 0 Å². The number of aliphatic hydroxyl groups is 1. The van der Waals surface area contributed by atoms with E-state index in [9.17, 15) is 44.6 Å². The standard InChI is InChI=1S/C28H41NO12/c30-16-2-12-22(24(14-16)26(33)34)28(36)41-20-9-5-18(6-10-20)39-17-3-7-19(8-4-17)40-27(35)21-11-1-15(29(37)38)13-23(21)25(31)32/h15-24,30H,1-14H2,(H,31,32)(H,33,34). The first kappa shape index (κ1) is 31.1. The number of esters is 2. The second-order valence-electron chi connectivity index (χ2n) is 12.1. The number of aliphatic carboxylic acids is 2. The smallest absolute Gasteiger partial charge is 0.310 e. The third kappa shape index (κ3) is 8.15. The van der Waals surface area contributed by atoms with Crippen molar-refractivity contribution in [1.82, 2.24) is 0 Å². The molecule has 6 unspecified atom stereocenters. The van der Waals surface area contributed by atoms with Gasteiger partial charge in [-0.05, 0) is 77.0 Å². The summed E-state index contributed by atoms with van der Waals surface area (Å²) in [6, 6.07) is -0.953. The molecule has 4 saturated carbocycles. The highest BCUT2D eigenvalue weighted by Gasteiger charge is 2.45. The molecule has 4 aliphatic carbocycles. The van der Waals surface area contributed by atoms with Crippen molar-refractivity contribution in [1.29, 1.82) is 0 Å². The van der Waals surface area contributed by atoms with Crippen molar-refractivity contribution in [2.45, 2.75) is 126 Å². The number of carboxylic acids is 2. The summed E-state index contributed by atoms with van der Waals surface area (Å²) in [5.74, 6) is -7.04. The van der Waals surface area contributed by atoms with Crippen LogP contribution in [0.3, 0.4) is 0 Å². The maximum absolute atomic E-state index is 12.8. The molecular weight excluding hydrogens is 542 g/mol. The zero-order chi connectivity index (χ0) is 29.7. The topological polar surface area (TPSA) is 200 Å². The molecule has 41 heavy (non-hydrogen) atoms. The number of hydrogen-bond acceptors (Lipinski definition) is 10. The molecule has 4 aliphatic rings. The van der Waals surface area contributed by atoms with E-state index in [1.807, 2.05) is 0 Å². The second-order valence-corrected chi connectivity index (χ2v) is 12.1. The Morgan fingerprint density at radius 3 is 1.44 bits per heavy atom. The molecule has 0 spiro atoms. The number of nitro groups is 1. The van der Waals surface area contributed by atoms with Crippen molar-refractivity contribution in [2.75, 3.05) is 0 Å². The lowest BCUT2D eigenvalue weighted by Crippen LogP contribution is -2.42. The number of rotatable bonds is 9. The van der Waals surface area contributed by atoms with Crippen molar-refractivity contribution in [3.05, 3.63) is 10.1 Å². The third-order valence-corrected chi connectivity index (χ3v) is 9.38. The molecular formula is C28H41NO12. The Morgan fingerprint density at radius 1 is 0.585 bits per heavy atom. The minimum Gasteiger partial charge on any atom is -0.481 e. The van der Waals surface area contributed by atoms with Gasteiger partial charge in [0.2, 0.25) is 6.04 Å². The van der Waals surface area contributed by atoms with E-state index in [0.29, 0.717) is 64.2 Å². The van der Waals surface area contributed by atoms with Gasteiger partial charge >= 0.3 is 23.9 Å². The molecule has 0 aromatic carbocycles. The van der Waals surface area contributed by atoms with Crippen LogP contribution in [0.15, 0.2) is 0 Å². The number of carboxylic acid groups (broad SMARTS) is 2. The SMILES string of the molecule is O=C(O)C1CC(O)CCC1C(=O)OC1CCC(OC2CCC(OC(=O)C3CCC([N+](=O)[O-])CC3C(=O)O)CC2)CC1. The van der Waals surface area contributed by atoms with Gasteiger partial charge in [0.25, 0.3) is 0 Å². The molecule has 0 aromatic rings. The molecule has 230 valence electrons. The zero-order valence-corrected chi connectivity index (χ0v) is 23.1. The Kier molecular flexibility index (Phi) is 10.6. The maximum Gasteiger partial charge on any atom is 0.310 e. The summed E-state index contributed by atoms with van der Waals surface area (Å²) in [7, 11) is 0. The maximum atomic E-state index is 12.8. The van der Waals surface area contributed by atoms with Crippen LogP contribution in [0.2, 0.25) is 0 Å². The Labute approximate surface area is 238 Å². The van der Waals surface area contributed by atoms with Gasteiger partial charge in [-0.1, -0.05) is 0 Å². The van der Waals surface area contributed by atoms with E-state index < -0.39 is 64.6 Å². The third-order valence-electron chi connectivity index (χ3n) is 9.38. The Balaban J connectivity index is 1.15. The minimum atomic E-state index is -1.21. The van der Waals surface area contributed by atoms with E-state index in [2.05, 4.69) is 0 Å². The average Bonchev–Trinajstić information content (AvgIpc) is 2.94. The van der Waals surface area contributed by atoms with Crippen LogP contribution in [0.4, 0.5) is 0 Å². The predicted octanol–water partition coefficient (Wildman–Crippen LogP) is 2.72. The molecule has 3 N–H and O–H groups in total. The van der Waals surface area contributed by atoms with Crippen LogP contribution in [-0.4, -0.2) is 80.7 Å². The van der Waals surface area contributed by atoms with Crippen molar-refractivity contribution in [2.24, 2.45) is 23.7 Å². The van der Waals surface area contributed by atoms with Gasteiger partial charge in [-0.2, -0.15) is 0 Å². The number of ether oxygens (including phenoxy) is 3. The molecule has 13 heteroatoms. The lowest BCUT2D eigenvalue weighted by molar-refractivity contribution is -0.528. The van der Waals surface area contributed by atoms with E-state index in [0.717, 1.165) is 0 Å².